The summed E-state index contributed by atoms with van der Waals surface area (Å²) in [7, 11) is -1.67. The van der Waals surface area contributed by atoms with E-state index in [4.69, 9.17) is 9.47 Å². The van der Waals surface area contributed by atoms with Crippen LogP contribution in [0.2, 0.25) is 0 Å². The number of sulfone groups is 1. The highest BCUT2D eigenvalue weighted by atomic mass is 32.2. The maximum atomic E-state index is 12.9. The Bertz CT molecular complexity index is 984. The quantitative estimate of drug-likeness (QED) is 0.590. The highest BCUT2D eigenvalue weighted by Crippen LogP contribution is 2.29. The fourth-order valence-corrected chi connectivity index (χ4v) is 5.67. The second kappa shape index (κ2) is 8.96. The average Bonchev–Trinajstić information content (AvgIpc) is 3.32. The summed E-state index contributed by atoms with van der Waals surface area (Å²) in [6.45, 7) is 1.55. The minimum atomic E-state index is -3.13. The Morgan fingerprint density at radius 2 is 2.03 bits per heavy atom. The molecule has 0 aliphatic carbocycles. The molecular formula is C20H23NO6S2. The van der Waals surface area contributed by atoms with Gasteiger partial charge in [0.2, 0.25) is 0 Å². The largest absolute Gasteiger partial charge is 0.493 e. The fraction of sp³-hybridized carbons (Fsp3) is 0.400. The van der Waals surface area contributed by atoms with Gasteiger partial charge in [0.15, 0.2) is 33.7 Å². The van der Waals surface area contributed by atoms with Gasteiger partial charge in [-0.1, -0.05) is 6.07 Å². The van der Waals surface area contributed by atoms with E-state index in [1.165, 1.54) is 25.4 Å². The monoisotopic (exact) mass is 437 g/mol. The van der Waals surface area contributed by atoms with E-state index in [0.29, 0.717) is 30.0 Å². The van der Waals surface area contributed by atoms with E-state index in [9.17, 15) is 18.0 Å². The standard InChI is InChI=1S/C20H23NO6S2/c1-14(22)15-5-6-18(19(10-15)26-2)27-12-20(23)21(11-17-4-3-8-28-17)16-7-9-29(24,25)13-16/h3-6,8,10,16H,7,9,11-13H2,1-2H3. The molecule has 2 heterocycles. The first kappa shape index (κ1) is 21.3. The van der Waals surface area contributed by atoms with E-state index >= 15 is 0 Å². The minimum absolute atomic E-state index is 0.0270. The van der Waals surface area contributed by atoms with E-state index in [0.717, 1.165) is 4.88 Å². The van der Waals surface area contributed by atoms with Gasteiger partial charge >= 0.3 is 0 Å². The van der Waals surface area contributed by atoms with Gasteiger partial charge in [-0.25, -0.2) is 8.42 Å². The van der Waals surface area contributed by atoms with E-state index in [1.807, 2.05) is 17.5 Å². The third kappa shape index (κ3) is 5.36. The van der Waals surface area contributed by atoms with Crippen LogP contribution in [0, 0.1) is 0 Å². The van der Waals surface area contributed by atoms with Crippen LogP contribution in [0.3, 0.4) is 0 Å². The van der Waals surface area contributed by atoms with Crippen molar-refractivity contribution < 1.29 is 27.5 Å². The maximum Gasteiger partial charge on any atom is 0.261 e. The molecule has 0 bridgehead atoms. The molecule has 3 rings (SSSR count). The SMILES string of the molecule is COc1cc(C(C)=O)ccc1OCC(=O)N(Cc1cccs1)C1CCS(=O)(=O)C1. The first-order valence-corrected chi connectivity index (χ1v) is 11.8. The number of ketones is 1. The van der Waals surface area contributed by atoms with E-state index in [1.54, 1.807) is 23.1 Å². The molecule has 1 aromatic heterocycles. The second-order valence-electron chi connectivity index (χ2n) is 6.87. The Hall–Kier alpha value is -2.39. The molecule has 0 N–H and O–H groups in total. The van der Waals surface area contributed by atoms with Crippen LogP contribution in [-0.4, -0.2) is 56.3 Å². The summed E-state index contributed by atoms with van der Waals surface area (Å²) in [5.41, 5.74) is 0.482. The molecule has 2 aromatic rings. The summed E-state index contributed by atoms with van der Waals surface area (Å²) in [6.07, 6.45) is 0.427. The van der Waals surface area contributed by atoms with E-state index in [2.05, 4.69) is 0 Å². The van der Waals surface area contributed by atoms with Crippen molar-refractivity contribution >= 4 is 32.9 Å². The number of methoxy groups -OCH3 is 1. The van der Waals surface area contributed by atoms with Crippen LogP contribution < -0.4 is 9.47 Å². The molecule has 1 saturated heterocycles. The summed E-state index contributed by atoms with van der Waals surface area (Å²) in [4.78, 5) is 27.0. The Labute approximate surface area is 174 Å². The summed E-state index contributed by atoms with van der Waals surface area (Å²) in [5, 5.41) is 1.92. The topological polar surface area (TPSA) is 90.0 Å². The number of thiophene rings is 1. The first-order chi connectivity index (χ1) is 13.8. The van der Waals surface area contributed by atoms with Gasteiger partial charge in [0.1, 0.15) is 0 Å². The fourth-order valence-electron chi connectivity index (χ4n) is 3.24. The third-order valence-corrected chi connectivity index (χ3v) is 7.41. The number of hydrogen-bond acceptors (Lipinski definition) is 7. The lowest BCUT2D eigenvalue weighted by Crippen LogP contribution is -2.42. The summed E-state index contributed by atoms with van der Waals surface area (Å²) in [5.74, 6) is 0.377. The number of hydrogen-bond donors (Lipinski definition) is 0. The minimum Gasteiger partial charge on any atom is -0.493 e. The molecule has 1 aliphatic heterocycles. The van der Waals surface area contributed by atoms with Crippen LogP contribution >= 0.6 is 11.3 Å². The predicted molar refractivity (Wildman–Crippen MR) is 110 cm³/mol. The molecule has 0 radical (unpaired) electrons. The third-order valence-electron chi connectivity index (χ3n) is 4.80. The zero-order valence-electron chi connectivity index (χ0n) is 16.3. The molecule has 29 heavy (non-hydrogen) atoms. The van der Waals surface area contributed by atoms with Crippen LogP contribution in [0.4, 0.5) is 0 Å². The van der Waals surface area contributed by atoms with E-state index < -0.39 is 9.84 Å². The molecule has 1 amide bonds. The number of benzene rings is 1. The molecular weight excluding hydrogens is 414 g/mol. The molecule has 1 fully saturated rings. The Morgan fingerprint density at radius 1 is 1.24 bits per heavy atom. The van der Waals surface area contributed by atoms with Crippen LogP contribution in [0.15, 0.2) is 35.7 Å². The first-order valence-electron chi connectivity index (χ1n) is 9.13. The van der Waals surface area contributed by atoms with E-state index in [-0.39, 0.29) is 35.8 Å². The summed E-state index contributed by atoms with van der Waals surface area (Å²) < 4.78 is 34.7. The van der Waals surface area contributed by atoms with Gasteiger partial charge in [0.25, 0.3) is 5.91 Å². The lowest BCUT2D eigenvalue weighted by Gasteiger charge is -2.28. The highest BCUT2D eigenvalue weighted by Gasteiger charge is 2.35. The van der Waals surface area contributed by atoms with Gasteiger partial charge in [-0.3, -0.25) is 9.59 Å². The maximum absolute atomic E-state index is 12.9. The normalized spacial score (nSPS) is 17.7. The summed E-state index contributed by atoms with van der Waals surface area (Å²) >= 11 is 1.52. The molecule has 0 spiro atoms. The number of rotatable bonds is 8. The van der Waals surface area contributed by atoms with Crippen molar-refractivity contribution in [2.75, 3.05) is 25.2 Å². The van der Waals surface area contributed by atoms with Gasteiger partial charge in [0, 0.05) is 16.5 Å². The molecule has 7 nitrogen and oxygen atoms in total. The number of ether oxygens (including phenoxy) is 2. The smallest absolute Gasteiger partial charge is 0.261 e. The van der Waals surface area contributed by atoms with Crippen molar-refractivity contribution in [1.82, 2.24) is 4.90 Å². The van der Waals surface area contributed by atoms with Crippen LogP contribution in [0.1, 0.15) is 28.6 Å². The number of nitrogens with zero attached hydrogens (tertiary/aromatic N) is 1. The van der Waals surface area contributed by atoms with Crippen molar-refractivity contribution in [3.63, 3.8) is 0 Å². The highest BCUT2D eigenvalue weighted by molar-refractivity contribution is 7.91. The lowest BCUT2D eigenvalue weighted by molar-refractivity contribution is -0.135. The number of carbonyl (C=O) groups excluding carboxylic acids is 2. The van der Waals surface area contributed by atoms with Crippen molar-refractivity contribution in [3.8, 4) is 11.5 Å². The van der Waals surface area contributed by atoms with Crippen molar-refractivity contribution in [1.29, 1.82) is 0 Å². The molecule has 156 valence electrons. The molecule has 1 unspecified atom stereocenters. The summed E-state index contributed by atoms with van der Waals surface area (Å²) in [6, 6.07) is 8.21. The van der Waals surface area contributed by atoms with Gasteiger partial charge in [-0.15, -0.1) is 11.3 Å². The van der Waals surface area contributed by atoms with Crippen LogP contribution in [-0.2, 0) is 21.2 Å². The molecule has 9 heteroatoms. The van der Waals surface area contributed by atoms with Gasteiger partial charge in [0.05, 0.1) is 25.2 Å². The second-order valence-corrected chi connectivity index (χ2v) is 10.1. The van der Waals surface area contributed by atoms with Crippen molar-refractivity contribution in [3.05, 3.63) is 46.2 Å². The number of amides is 1. The zero-order valence-corrected chi connectivity index (χ0v) is 17.9. The van der Waals surface area contributed by atoms with Crippen molar-refractivity contribution in [2.24, 2.45) is 0 Å². The van der Waals surface area contributed by atoms with Gasteiger partial charge in [-0.2, -0.15) is 0 Å². The average molecular weight is 438 g/mol. The number of Topliss-reactive ketones (excluding diaryl/α,β-unsaturated/α-hetero) is 1. The molecule has 1 aromatic carbocycles. The zero-order chi connectivity index (χ0) is 21.0. The lowest BCUT2D eigenvalue weighted by atomic mass is 10.1. The van der Waals surface area contributed by atoms with Gasteiger partial charge in [-0.05, 0) is 43.0 Å². The molecule has 0 saturated carbocycles. The number of carbonyl (C=O) groups is 2. The molecule has 1 atom stereocenters. The molecule has 1 aliphatic rings. The Morgan fingerprint density at radius 3 is 2.62 bits per heavy atom. The Kier molecular flexibility index (Phi) is 6.59. The Balaban J connectivity index is 1.74. The van der Waals surface area contributed by atoms with Gasteiger partial charge < -0.3 is 14.4 Å². The predicted octanol–water partition coefficient (Wildman–Crippen LogP) is 2.55. The van der Waals surface area contributed by atoms with Crippen LogP contribution in [0.5, 0.6) is 11.5 Å². The van der Waals surface area contributed by atoms with Crippen molar-refractivity contribution in [2.45, 2.75) is 25.9 Å². The van der Waals surface area contributed by atoms with Crippen LogP contribution in [0.25, 0.3) is 0 Å².